The number of aromatic nitrogens is 1. The van der Waals surface area contributed by atoms with Gasteiger partial charge in [0.05, 0.1) is 5.69 Å². The second-order valence-electron chi connectivity index (χ2n) is 3.72. The van der Waals surface area contributed by atoms with E-state index in [-0.39, 0.29) is 12.4 Å². The molecular formula is C13H10F3NO. The maximum Gasteiger partial charge on any atom is 0.171 e. The van der Waals surface area contributed by atoms with Crippen molar-refractivity contribution in [1.82, 2.24) is 4.98 Å². The summed E-state index contributed by atoms with van der Waals surface area (Å²) < 4.78 is 44.8. The van der Waals surface area contributed by atoms with Crippen molar-refractivity contribution in [2.24, 2.45) is 0 Å². The number of ether oxygens (including phenoxy) is 1. The number of benzene rings is 1. The van der Waals surface area contributed by atoms with Crippen molar-refractivity contribution >= 4 is 0 Å². The van der Waals surface area contributed by atoms with Crippen LogP contribution in [0.3, 0.4) is 0 Å². The van der Waals surface area contributed by atoms with Crippen molar-refractivity contribution in [2.75, 3.05) is 0 Å². The van der Waals surface area contributed by atoms with E-state index in [4.69, 9.17) is 4.74 Å². The molecular weight excluding hydrogens is 243 g/mol. The van der Waals surface area contributed by atoms with Crippen LogP contribution >= 0.6 is 0 Å². The van der Waals surface area contributed by atoms with Crippen molar-refractivity contribution in [1.29, 1.82) is 0 Å². The molecule has 0 amide bonds. The maximum absolute atomic E-state index is 13.6. The lowest BCUT2D eigenvalue weighted by atomic mass is 10.2. The Morgan fingerprint density at radius 3 is 2.61 bits per heavy atom. The van der Waals surface area contributed by atoms with Gasteiger partial charge in [-0.2, -0.15) is 0 Å². The van der Waals surface area contributed by atoms with E-state index in [0.29, 0.717) is 11.8 Å². The first-order valence-corrected chi connectivity index (χ1v) is 5.26. The third kappa shape index (κ3) is 2.45. The number of hydrogen-bond donors (Lipinski definition) is 0. The summed E-state index contributed by atoms with van der Waals surface area (Å²) in [5.41, 5.74) is 0.172. The Kier molecular flexibility index (Phi) is 3.50. The molecule has 5 heteroatoms. The average molecular weight is 253 g/mol. The van der Waals surface area contributed by atoms with Gasteiger partial charge in [0.1, 0.15) is 6.61 Å². The normalized spacial score (nSPS) is 10.4. The van der Waals surface area contributed by atoms with E-state index in [1.807, 2.05) is 0 Å². The van der Waals surface area contributed by atoms with E-state index in [1.54, 1.807) is 24.4 Å². The second-order valence-corrected chi connectivity index (χ2v) is 3.72. The van der Waals surface area contributed by atoms with Crippen LogP contribution in [0.1, 0.15) is 11.3 Å². The van der Waals surface area contributed by atoms with Gasteiger partial charge < -0.3 is 4.74 Å². The molecule has 2 rings (SSSR count). The Balaban J connectivity index is 2.20. The number of pyridine rings is 1. The summed E-state index contributed by atoms with van der Waals surface area (Å²) in [6, 6.07) is 5.86. The first-order valence-electron chi connectivity index (χ1n) is 5.26. The second kappa shape index (κ2) is 5.08. The predicted octanol–water partition coefficient (Wildman–Crippen LogP) is 3.39. The highest BCUT2D eigenvalue weighted by Crippen LogP contribution is 2.25. The molecule has 18 heavy (non-hydrogen) atoms. The summed E-state index contributed by atoms with van der Waals surface area (Å²) in [6.07, 6.45) is 1.56. The molecule has 1 aromatic carbocycles. The van der Waals surface area contributed by atoms with Crippen LogP contribution in [-0.2, 0) is 6.61 Å². The Morgan fingerprint density at radius 2 is 1.94 bits per heavy atom. The smallest absolute Gasteiger partial charge is 0.171 e. The van der Waals surface area contributed by atoms with Gasteiger partial charge in [-0.25, -0.2) is 13.2 Å². The van der Waals surface area contributed by atoms with Crippen molar-refractivity contribution in [3.05, 3.63) is 59.2 Å². The average Bonchev–Trinajstić information content (AvgIpc) is 2.40. The van der Waals surface area contributed by atoms with Crippen LogP contribution in [0.5, 0.6) is 5.75 Å². The molecule has 0 aliphatic rings. The minimum Gasteiger partial charge on any atom is -0.484 e. The van der Waals surface area contributed by atoms with Crippen molar-refractivity contribution in [3.63, 3.8) is 0 Å². The van der Waals surface area contributed by atoms with Crippen molar-refractivity contribution in [3.8, 4) is 5.75 Å². The highest BCUT2D eigenvalue weighted by molar-refractivity contribution is 5.32. The molecule has 0 aliphatic heterocycles. The molecule has 0 bridgehead atoms. The molecule has 0 radical (unpaired) electrons. The van der Waals surface area contributed by atoms with E-state index in [1.165, 1.54) is 0 Å². The van der Waals surface area contributed by atoms with Crippen LogP contribution in [-0.4, -0.2) is 4.98 Å². The number of rotatable bonds is 3. The number of hydrogen-bond acceptors (Lipinski definition) is 2. The quantitative estimate of drug-likeness (QED) is 0.782. The van der Waals surface area contributed by atoms with Gasteiger partial charge in [0.2, 0.25) is 0 Å². The zero-order valence-electron chi connectivity index (χ0n) is 9.58. The summed E-state index contributed by atoms with van der Waals surface area (Å²) >= 11 is 0. The molecule has 0 saturated carbocycles. The topological polar surface area (TPSA) is 22.1 Å². The fourth-order valence-corrected chi connectivity index (χ4v) is 1.44. The van der Waals surface area contributed by atoms with Gasteiger partial charge >= 0.3 is 0 Å². The zero-order chi connectivity index (χ0) is 13.1. The van der Waals surface area contributed by atoms with Gasteiger partial charge in [0.15, 0.2) is 23.2 Å². The standard InChI is InChI=1S/C13H10F3NO/c1-8-12(15)10(14)6-11(13(8)16)18-7-9-4-2-3-5-17-9/h2-6H,7H2,1H3. The minimum absolute atomic E-state index is 0.0116. The van der Waals surface area contributed by atoms with Crippen LogP contribution in [0.25, 0.3) is 0 Å². The maximum atomic E-state index is 13.6. The molecule has 0 fully saturated rings. The van der Waals surface area contributed by atoms with Gasteiger partial charge in [-0.3, -0.25) is 4.98 Å². The lowest BCUT2D eigenvalue weighted by Gasteiger charge is -2.09. The van der Waals surface area contributed by atoms with Gasteiger partial charge in [-0.1, -0.05) is 6.07 Å². The lowest BCUT2D eigenvalue weighted by molar-refractivity contribution is 0.281. The van der Waals surface area contributed by atoms with Crippen LogP contribution < -0.4 is 4.74 Å². The van der Waals surface area contributed by atoms with E-state index in [2.05, 4.69) is 4.98 Å². The summed E-state index contributed by atoms with van der Waals surface area (Å²) in [5.74, 6) is -3.55. The lowest BCUT2D eigenvalue weighted by Crippen LogP contribution is -2.03. The molecule has 0 N–H and O–H groups in total. The van der Waals surface area contributed by atoms with Crippen molar-refractivity contribution in [2.45, 2.75) is 13.5 Å². The van der Waals surface area contributed by atoms with E-state index < -0.39 is 23.0 Å². The minimum atomic E-state index is -1.20. The Bertz CT molecular complexity index is 558. The Hall–Kier alpha value is -2.04. The largest absolute Gasteiger partial charge is 0.484 e. The fraction of sp³-hybridized carbons (Fsp3) is 0.154. The summed E-state index contributed by atoms with van der Waals surface area (Å²) in [5, 5.41) is 0. The molecule has 0 aliphatic carbocycles. The van der Waals surface area contributed by atoms with Crippen LogP contribution in [0, 0.1) is 24.4 Å². The van der Waals surface area contributed by atoms with Gasteiger partial charge in [-0.05, 0) is 19.1 Å². The van der Waals surface area contributed by atoms with E-state index in [9.17, 15) is 13.2 Å². The first-order chi connectivity index (χ1) is 8.59. The van der Waals surface area contributed by atoms with Crippen LogP contribution in [0.15, 0.2) is 30.5 Å². The Morgan fingerprint density at radius 1 is 1.17 bits per heavy atom. The number of nitrogens with zero attached hydrogens (tertiary/aromatic N) is 1. The van der Waals surface area contributed by atoms with Gasteiger partial charge in [0.25, 0.3) is 0 Å². The van der Waals surface area contributed by atoms with Crippen LogP contribution in [0.4, 0.5) is 13.2 Å². The molecule has 2 nitrogen and oxygen atoms in total. The third-order valence-electron chi connectivity index (χ3n) is 2.44. The summed E-state index contributed by atoms with van der Waals surface area (Å²) in [7, 11) is 0. The fourth-order valence-electron chi connectivity index (χ4n) is 1.44. The van der Waals surface area contributed by atoms with E-state index in [0.717, 1.165) is 6.92 Å². The molecule has 2 aromatic rings. The summed E-state index contributed by atoms with van der Waals surface area (Å²) in [6.45, 7) is 1.14. The molecule has 94 valence electrons. The molecule has 1 aromatic heterocycles. The first kappa shape index (κ1) is 12.4. The SMILES string of the molecule is Cc1c(F)c(F)cc(OCc2ccccn2)c1F. The van der Waals surface area contributed by atoms with Gasteiger partial charge in [0, 0.05) is 17.8 Å². The van der Waals surface area contributed by atoms with Gasteiger partial charge in [-0.15, -0.1) is 0 Å². The predicted molar refractivity (Wildman–Crippen MR) is 59.6 cm³/mol. The summed E-state index contributed by atoms with van der Waals surface area (Å²) in [4.78, 5) is 3.97. The number of halogens is 3. The highest BCUT2D eigenvalue weighted by atomic mass is 19.2. The zero-order valence-corrected chi connectivity index (χ0v) is 9.58. The molecule has 0 unspecified atom stereocenters. The van der Waals surface area contributed by atoms with E-state index >= 15 is 0 Å². The molecule has 0 atom stereocenters. The van der Waals surface area contributed by atoms with Crippen molar-refractivity contribution < 1.29 is 17.9 Å². The molecule has 0 saturated heterocycles. The Labute approximate surface area is 102 Å². The molecule has 1 heterocycles. The third-order valence-corrected chi connectivity index (χ3v) is 2.44. The molecule has 0 spiro atoms. The van der Waals surface area contributed by atoms with Crippen LogP contribution in [0.2, 0.25) is 0 Å². The monoisotopic (exact) mass is 253 g/mol. The highest BCUT2D eigenvalue weighted by Gasteiger charge is 2.16.